The normalized spacial score (nSPS) is 15.7. The molecule has 0 saturated heterocycles. The monoisotopic (exact) mass is 480 g/mol. The maximum atomic E-state index is 14.8. The number of benzene rings is 3. The van der Waals surface area contributed by atoms with E-state index in [4.69, 9.17) is 9.47 Å². The van der Waals surface area contributed by atoms with Crippen LogP contribution in [-0.2, 0) is 17.8 Å². The van der Waals surface area contributed by atoms with Crippen LogP contribution in [0.5, 0.6) is 5.75 Å². The number of methoxy groups -OCH3 is 1. The largest absolute Gasteiger partial charge is 0.497 e. The number of ether oxygens (including phenoxy) is 2. The SMILES string of the molecule is CCOCc1ccc(C2=CCC(CCc3ccc(-c4ccc(OC)cc4)c(F)c3F)CC2)c(F)c1. The van der Waals surface area contributed by atoms with Crippen molar-refractivity contribution < 1.29 is 22.6 Å². The van der Waals surface area contributed by atoms with Crippen molar-refractivity contribution in [3.8, 4) is 16.9 Å². The maximum Gasteiger partial charge on any atom is 0.166 e. The molecule has 1 aliphatic carbocycles. The highest BCUT2D eigenvalue weighted by Gasteiger charge is 2.20. The maximum absolute atomic E-state index is 14.8. The van der Waals surface area contributed by atoms with Gasteiger partial charge < -0.3 is 9.47 Å². The fraction of sp³-hybridized carbons (Fsp3) is 0.333. The molecule has 184 valence electrons. The van der Waals surface area contributed by atoms with E-state index in [0.717, 1.165) is 36.8 Å². The van der Waals surface area contributed by atoms with E-state index in [2.05, 4.69) is 6.08 Å². The van der Waals surface area contributed by atoms with E-state index in [-0.39, 0.29) is 11.4 Å². The van der Waals surface area contributed by atoms with Crippen LogP contribution >= 0.6 is 0 Å². The number of aryl methyl sites for hydroxylation is 1. The van der Waals surface area contributed by atoms with Crippen molar-refractivity contribution in [2.75, 3.05) is 13.7 Å². The molecule has 0 heterocycles. The number of hydrogen-bond acceptors (Lipinski definition) is 2. The zero-order chi connectivity index (χ0) is 24.8. The van der Waals surface area contributed by atoms with Crippen molar-refractivity contribution >= 4 is 5.57 Å². The Morgan fingerprint density at radius 1 is 0.914 bits per heavy atom. The van der Waals surface area contributed by atoms with Crippen LogP contribution in [-0.4, -0.2) is 13.7 Å². The summed E-state index contributed by atoms with van der Waals surface area (Å²) in [5.41, 5.74) is 3.74. The molecule has 5 heteroatoms. The highest BCUT2D eigenvalue weighted by molar-refractivity contribution is 5.67. The molecule has 0 bridgehead atoms. The van der Waals surface area contributed by atoms with Crippen LogP contribution in [0.4, 0.5) is 13.2 Å². The van der Waals surface area contributed by atoms with Crippen LogP contribution in [0.2, 0.25) is 0 Å². The topological polar surface area (TPSA) is 18.5 Å². The molecule has 1 unspecified atom stereocenters. The average Bonchev–Trinajstić information content (AvgIpc) is 2.89. The Morgan fingerprint density at radius 3 is 2.34 bits per heavy atom. The lowest BCUT2D eigenvalue weighted by atomic mass is 9.83. The predicted molar refractivity (Wildman–Crippen MR) is 134 cm³/mol. The molecular weight excluding hydrogens is 449 g/mol. The first kappa shape index (κ1) is 25.1. The summed E-state index contributed by atoms with van der Waals surface area (Å²) in [6.07, 6.45) is 5.82. The molecule has 4 rings (SSSR count). The Bertz CT molecular complexity index is 1180. The Labute approximate surface area is 205 Å². The van der Waals surface area contributed by atoms with Gasteiger partial charge in [0.05, 0.1) is 13.7 Å². The summed E-state index contributed by atoms with van der Waals surface area (Å²) < 4.78 is 54.7. The van der Waals surface area contributed by atoms with E-state index in [1.165, 1.54) is 0 Å². The van der Waals surface area contributed by atoms with E-state index in [1.807, 2.05) is 19.1 Å². The molecule has 2 nitrogen and oxygen atoms in total. The van der Waals surface area contributed by atoms with Gasteiger partial charge >= 0.3 is 0 Å². The number of allylic oxidation sites excluding steroid dienone is 2. The molecule has 0 aliphatic heterocycles. The van der Waals surface area contributed by atoms with Gasteiger partial charge in [-0.05, 0) is 85.4 Å². The van der Waals surface area contributed by atoms with Crippen LogP contribution in [0.15, 0.2) is 60.7 Å². The van der Waals surface area contributed by atoms with Crippen molar-refractivity contribution in [1.29, 1.82) is 0 Å². The van der Waals surface area contributed by atoms with E-state index in [0.29, 0.717) is 48.0 Å². The zero-order valence-electron chi connectivity index (χ0n) is 20.3. The van der Waals surface area contributed by atoms with E-state index in [1.54, 1.807) is 49.6 Å². The number of halogens is 3. The quantitative estimate of drug-likeness (QED) is 0.308. The Hall–Kier alpha value is -3.05. The summed E-state index contributed by atoms with van der Waals surface area (Å²) in [7, 11) is 1.56. The molecule has 0 N–H and O–H groups in total. The summed E-state index contributed by atoms with van der Waals surface area (Å²) in [4.78, 5) is 0. The lowest BCUT2D eigenvalue weighted by Crippen LogP contribution is -2.09. The van der Waals surface area contributed by atoms with Gasteiger partial charge in [0.1, 0.15) is 11.6 Å². The first-order valence-corrected chi connectivity index (χ1v) is 12.2. The summed E-state index contributed by atoms with van der Waals surface area (Å²) in [6, 6.07) is 15.5. The molecule has 0 fully saturated rings. The molecule has 0 amide bonds. The number of rotatable bonds is 9. The highest BCUT2D eigenvalue weighted by atomic mass is 19.2. The number of hydrogen-bond donors (Lipinski definition) is 0. The van der Waals surface area contributed by atoms with E-state index < -0.39 is 11.6 Å². The van der Waals surface area contributed by atoms with E-state index >= 15 is 0 Å². The van der Waals surface area contributed by atoms with Gasteiger partial charge in [-0.3, -0.25) is 0 Å². The van der Waals surface area contributed by atoms with Crippen LogP contribution in [0.1, 0.15) is 49.3 Å². The van der Waals surface area contributed by atoms with Gasteiger partial charge in [0, 0.05) is 17.7 Å². The third-order valence-corrected chi connectivity index (χ3v) is 6.76. The Morgan fingerprint density at radius 2 is 1.69 bits per heavy atom. The van der Waals surface area contributed by atoms with Crippen molar-refractivity contribution in [2.24, 2.45) is 5.92 Å². The lowest BCUT2D eigenvalue weighted by Gasteiger charge is -2.23. The molecule has 3 aromatic rings. The Kier molecular flexibility index (Phi) is 8.29. The fourth-order valence-electron chi connectivity index (χ4n) is 4.66. The molecular formula is C30H31F3O2. The minimum atomic E-state index is -0.818. The average molecular weight is 481 g/mol. The molecule has 0 spiro atoms. The van der Waals surface area contributed by atoms with Gasteiger partial charge in [0.2, 0.25) is 0 Å². The summed E-state index contributed by atoms with van der Waals surface area (Å²) in [6.45, 7) is 2.92. The predicted octanol–water partition coefficient (Wildman–Crippen LogP) is 8.13. The van der Waals surface area contributed by atoms with Gasteiger partial charge in [-0.15, -0.1) is 0 Å². The zero-order valence-corrected chi connectivity index (χ0v) is 20.3. The van der Waals surface area contributed by atoms with Gasteiger partial charge in [0.25, 0.3) is 0 Å². The van der Waals surface area contributed by atoms with Crippen LogP contribution < -0.4 is 4.74 Å². The smallest absolute Gasteiger partial charge is 0.166 e. The third kappa shape index (κ3) is 5.96. The Balaban J connectivity index is 1.37. The van der Waals surface area contributed by atoms with Crippen molar-refractivity contribution in [2.45, 2.75) is 45.6 Å². The second-order valence-corrected chi connectivity index (χ2v) is 8.99. The first-order valence-electron chi connectivity index (χ1n) is 12.2. The standard InChI is InChI=1S/C30H31F3O2/c1-3-35-19-21-7-16-26(28(31)18-21)22-8-4-20(5-9-22)6-10-24-13-17-27(30(33)29(24)32)23-11-14-25(34-2)15-12-23/h7-8,11-18,20H,3-6,9-10,19H2,1-2H3. The minimum absolute atomic E-state index is 0.221. The molecule has 0 radical (unpaired) electrons. The lowest BCUT2D eigenvalue weighted by molar-refractivity contribution is 0.134. The van der Waals surface area contributed by atoms with Crippen molar-refractivity contribution in [3.63, 3.8) is 0 Å². The van der Waals surface area contributed by atoms with Gasteiger partial charge in [-0.25, -0.2) is 13.2 Å². The van der Waals surface area contributed by atoms with Crippen LogP contribution in [0.3, 0.4) is 0 Å². The van der Waals surface area contributed by atoms with Gasteiger partial charge in [-0.1, -0.05) is 42.5 Å². The highest BCUT2D eigenvalue weighted by Crippen LogP contribution is 2.35. The van der Waals surface area contributed by atoms with Crippen LogP contribution in [0.25, 0.3) is 16.7 Å². The molecule has 1 aliphatic rings. The fourth-order valence-corrected chi connectivity index (χ4v) is 4.66. The third-order valence-electron chi connectivity index (χ3n) is 6.76. The van der Waals surface area contributed by atoms with Crippen molar-refractivity contribution in [1.82, 2.24) is 0 Å². The summed E-state index contributed by atoms with van der Waals surface area (Å²) in [5.74, 6) is -0.789. The molecule has 0 aromatic heterocycles. The van der Waals surface area contributed by atoms with E-state index in [9.17, 15) is 13.2 Å². The molecule has 35 heavy (non-hydrogen) atoms. The van der Waals surface area contributed by atoms with Crippen molar-refractivity contribution in [3.05, 3.63) is 94.8 Å². The minimum Gasteiger partial charge on any atom is -0.497 e. The summed E-state index contributed by atoms with van der Waals surface area (Å²) in [5, 5.41) is 0. The second-order valence-electron chi connectivity index (χ2n) is 8.99. The summed E-state index contributed by atoms with van der Waals surface area (Å²) >= 11 is 0. The second kappa shape index (κ2) is 11.6. The van der Waals surface area contributed by atoms with Gasteiger partial charge in [-0.2, -0.15) is 0 Å². The van der Waals surface area contributed by atoms with Crippen LogP contribution in [0, 0.1) is 23.4 Å². The first-order chi connectivity index (χ1) is 17.0. The van der Waals surface area contributed by atoms with Gasteiger partial charge in [0.15, 0.2) is 11.6 Å². The molecule has 3 aromatic carbocycles. The molecule has 1 atom stereocenters. The molecule has 0 saturated carbocycles.